The summed E-state index contributed by atoms with van der Waals surface area (Å²) in [4.78, 5) is 48.9. The summed E-state index contributed by atoms with van der Waals surface area (Å²) in [7, 11) is 0. The van der Waals surface area contributed by atoms with Crippen molar-refractivity contribution < 1.29 is 43.2 Å². The van der Waals surface area contributed by atoms with E-state index in [0.717, 1.165) is 49.8 Å². The van der Waals surface area contributed by atoms with Gasteiger partial charge in [-0.2, -0.15) is 0 Å². The molecule has 0 aromatic heterocycles. The Kier molecular flexibility index (Phi) is 12.8. The van der Waals surface area contributed by atoms with E-state index in [1.54, 1.807) is 49.4 Å². The zero-order valence-electron chi connectivity index (χ0n) is 26.6. The molecule has 0 bridgehead atoms. The minimum absolute atomic E-state index is 0.0982. The highest BCUT2D eigenvalue weighted by Gasteiger charge is 2.24. The first-order valence-electron chi connectivity index (χ1n) is 16.1. The van der Waals surface area contributed by atoms with Gasteiger partial charge in [0.1, 0.15) is 17.2 Å². The van der Waals surface area contributed by atoms with Crippen LogP contribution < -0.4 is 14.2 Å². The molecule has 3 aromatic carbocycles. The Morgan fingerprint density at radius 2 is 1.52 bits per heavy atom. The number of esters is 1. The summed E-state index contributed by atoms with van der Waals surface area (Å²) in [5.41, 5.74) is 3.27. The van der Waals surface area contributed by atoms with E-state index in [-0.39, 0.29) is 36.6 Å². The molecule has 1 heterocycles. The molecular formula is C37H42O9. The first-order valence-corrected chi connectivity index (χ1v) is 16.1. The van der Waals surface area contributed by atoms with Crippen LogP contribution in [0, 0.1) is 0 Å². The highest BCUT2D eigenvalue weighted by atomic mass is 16.5. The Morgan fingerprint density at radius 1 is 0.826 bits per heavy atom. The molecule has 9 nitrogen and oxygen atoms in total. The fraction of sp³-hybridized carbons (Fsp3) is 0.405. The SMILES string of the molecule is CCCc1c(OCCCCCCOc2ccc(C(=O)c3cccc(C(=O)OCC)c3)cc2CCC(=O)O)ccc2c1OCCC2=O. The molecule has 1 N–H and O–H groups in total. The number of hydrogen-bond acceptors (Lipinski definition) is 8. The van der Waals surface area contributed by atoms with Gasteiger partial charge in [-0.25, -0.2) is 4.79 Å². The van der Waals surface area contributed by atoms with Crippen molar-refractivity contribution in [3.05, 3.63) is 88.0 Å². The molecular weight excluding hydrogens is 588 g/mol. The van der Waals surface area contributed by atoms with Crippen molar-refractivity contribution in [2.45, 2.75) is 71.6 Å². The third kappa shape index (κ3) is 9.19. The van der Waals surface area contributed by atoms with Crippen LogP contribution in [0.15, 0.2) is 54.6 Å². The largest absolute Gasteiger partial charge is 0.493 e. The van der Waals surface area contributed by atoms with Crippen molar-refractivity contribution >= 4 is 23.5 Å². The Hall–Kier alpha value is -4.66. The lowest BCUT2D eigenvalue weighted by atomic mass is 9.98. The van der Waals surface area contributed by atoms with Crippen LogP contribution in [-0.2, 0) is 22.4 Å². The fourth-order valence-electron chi connectivity index (χ4n) is 5.39. The highest BCUT2D eigenvalue weighted by molar-refractivity contribution is 6.10. The van der Waals surface area contributed by atoms with Crippen LogP contribution >= 0.6 is 0 Å². The number of ketones is 2. The van der Waals surface area contributed by atoms with Crippen LogP contribution in [0.3, 0.4) is 0 Å². The van der Waals surface area contributed by atoms with Crippen molar-refractivity contribution in [3.8, 4) is 17.2 Å². The minimum atomic E-state index is -0.940. The number of carboxylic acids is 1. The molecule has 1 aliphatic rings. The summed E-state index contributed by atoms with van der Waals surface area (Å²) in [5, 5.41) is 9.26. The number of rotatable bonds is 18. The van der Waals surface area contributed by atoms with E-state index < -0.39 is 11.9 Å². The summed E-state index contributed by atoms with van der Waals surface area (Å²) in [6.45, 7) is 5.45. The summed E-state index contributed by atoms with van der Waals surface area (Å²) < 4.78 is 23.0. The summed E-state index contributed by atoms with van der Waals surface area (Å²) in [6.07, 6.45) is 5.76. The second-order valence-corrected chi connectivity index (χ2v) is 11.1. The van der Waals surface area contributed by atoms with Gasteiger partial charge in [-0.05, 0) is 93.5 Å². The van der Waals surface area contributed by atoms with E-state index in [2.05, 4.69) is 6.92 Å². The van der Waals surface area contributed by atoms with Crippen LogP contribution in [0.5, 0.6) is 17.2 Å². The van der Waals surface area contributed by atoms with Gasteiger partial charge in [0.15, 0.2) is 11.6 Å². The Bertz CT molecular complexity index is 1540. The first kappa shape index (κ1) is 34.2. The van der Waals surface area contributed by atoms with Crippen molar-refractivity contribution in [1.29, 1.82) is 0 Å². The zero-order chi connectivity index (χ0) is 32.9. The lowest BCUT2D eigenvalue weighted by Crippen LogP contribution is -2.17. The Morgan fingerprint density at radius 3 is 2.24 bits per heavy atom. The van der Waals surface area contributed by atoms with Gasteiger partial charge in [0, 0.05) is 29.5 Å². The average molecular weight is 631 g/mol. The standard InChI is InChI=1S/C37H42O9/c1-3-10-30-33(17-15-29-31(38)19-22-46-36(29)30)45-21-8-6-5-7-20-44-32-16-13-27(23-25(32)14-18-34(39)40)35(41)26-11-9-12-28(24-26)37(42)43-4-2/h9,11-13,15-17,23-24H,3-8,10,14,18-22H2,1-2H3,(H,39,40). The van der Waals surface area contributed by atoms with Gasteiger partial charge >= 0.3 is 11.9 Å². The van der Waals surface area contributed by atoms with Gasteiger partial charge in [0.2, 0.25) is 0 Å². The van der Waals surface area contributed by atoms with Crippen LogP contribution in [0.4, 0.5) is 0 Å². The summed E-state index contributed by atoms with van der Waals surface area (Å²) in [6, 6.07) is 15.1. The predicted molar refractivity (Wildman–Crippen MR) is 173 cm³/mol. The number of aryl methyl sites for hydroxylation is 1. The second-order valence-electron chi connectivity index (χ2n) is 11.1. The molecule has 0 fully saturated rings. The molecule has 9 heteroatoms. The van der Waals surface area contributed by atoms with Crippen LogP contribution in [0.2, 0.25) is 0 Å². The molecule has 0 saturated heterocycles. The molecule has 46 heavy (non-hydrogen) atoms. The molecule has 244 valence electrons. The number of unbranched alkanes of at least 4 members (excludes halogenated alkanes) is 3. The maximum atomic E-state index is 13.2. The number of carbonyl (C=O) groups is 4. The van der Waals surface area contributed by atoms with Gasteiger partial charge in [-0.15, -0.1) is 0 Å². The van der Waals surface area contributed by atoms with E-state index in [0.29, 0.717) is 60.0 Å². The molecule has 3 aromatic rings. The maximum absolute atomic E-state index is 13.2. The zero-order valence-corrected chi connectivity index (χ0v) is 26.6. The number of carboxylic acid groups (broad SMARTS) is 1. The lowest BCUT2D eigenvalue weighted by Gasteiger charge is -2.22. The normalized spacial score (nSPS) is 12.2. The van der Waals surface area contributed by atoms with Gasteiger partial charge < -0.3 is 24.1 Å². The van der Waals surface area contributed by atoms with Gasteiger partial charge in [-0.1, -0.05) is 25.5 Å². The average Bonchev–Trinajstić information content (AvgIpc) is 3.06. The fourth-order valence-corrected chi connectivity index (χ4v) is 5.39. The second kappa shape index (κ2) is 17.1. The van der Waals surface area contributed by atoms with E-state index in [1.807, 2.05) is 6.07 Å². The number of aliphatic carboxylic acids is 1. The van der Waals surface area contributed by atoms with Crippen molar-refractivity contribution in [1.82, 2.24) is 0 Å². The van der Waals surface area contributed by atoms with Crippen LogP contribution in [-0.4, -0.2) is 55.0 Å². The topological polar surface area (TPSA) is 125 Å². The molecule has 0 spiro atoms. The van der Waals surface area contributed by atoms with Gasteiger partial charge in [0.05, 0.1) is 37.6 Å². The highest BCUT2D eigenvalue weighted by Crippen LogP contribution is 2.36. The maximum Gasteiger partial charge on any atom is 0.338 e. The number of hydrogen-bond donors (Lipinski definition) is 1. The van der Waals surface area contributed by atoms with Crippen molar-refractivity contribution in [2.24, 2.45) is 0 Å². The quantitative estimate of drug-likeness (QED) is 0.0894. The van der Waals surface area contributed by atoms with E-state index >= 15 is 0 Å². The molecule has 4 rings (SSSR count). The lowest BCUT2D eigenvalue weighted by molar-refractivity contribution is -0.136. The monoisotopic (exact) mass is 630 g/mol. The summed E-state index contributed by atoms with van der Waals surface area (Å²) >= 11 is 0. The Balaban J connectivity index is 1.28. The van der Waals surface area contributed by atoms with Crippen molar-refractivity contribution in [2.75, 3.05) is 26.4 Å². The third-order valence-corrected chi connectivity index (χ3v) is 7.71. The number of benzene rings is 3. The number of Topliss-reactive ketones (excluding diaryl/α,β-unsaturated/α-hetero) is 1. The smallest absolute Gasteiger partial charge is 0.338 e. The molecule has 0 aliphatic carbocycles. The molecule has 0 unspecified atom stereocenters. The summed E-state index contributed by atoms with van der Waals surface area (Å²) in [5.74, 6) is 0.402. The Labute approximate surface area is 269 Å². The molecule has 1 aliphatic heterocycles. The van der Waals surface area contributed by atoms with E-state index in [1.165, 1.54) is 6.07 Å². The van der Waals surface area contributed by atoms with E-state index in [9.17, 15) is 24.3 Å². The number of carbonyl (C=O) groups excluding carboxylic acids is 3. The van der Waals surface area contributed by atoms with Crippen LogP contribution in [0.25, 0.3) is 0 Å². The van der Waals surface area contributed by atoms with E-state index in [4.69, 9.17) is 18.9 Å². The number of fused-ring (bicyclic) bond motifs is 1. The number of ether oxygens (including phenoxy) is 4. The van der Waals surface area contributed by atoms with Gasteiger partial charge in [0.25, 0.3) is 0 Å². The molecule has 0 saturated carbocycles. The van der Waals surface area contributed by atoms with Crippen molar-refractivity contribution in [3.63, 3.8) is 0 Å². The van der Waals surface area contributed by atoms with Crippen LogP contribution in [0.1, 0.15) is 107 Å². The third-order valence-electron chi connectivity index (χ3n) is 7.71. The first-order chi connectivity index (χ1) is 22.3. The van der Waals surface area contributed by atoms with Gasteiger partial charge in [-0.3, -0.25) is 14.4 Å². The minimum Gasteiger partial charge on any atom is -0.493 e. The molecule has 0 atom stereocenters. The molecule has 0 amide bonds. The molecule has 0 radical (unpaired) electrons. The predicted octanol–water partition coefficient (Wildman–Crippen LogP) is 7.05.